The van der Waals surface area contributed by atoms with Gasteiger partial charge in [0.1, 0.15) is 17.5 Å². The largest absolute Gasteiger partial charge is 0.497 e. The van der Waals surface area contributed by atoms with Crippen LogP contribution in [0.5, 0.6) is 11.5 Å². The summed E-state index contributed by atoms with van der Waals surface area (Å²) in [6.07, 6.45) is 3.22. The van der Waals surface area contributed by atoms with Gasteiger partial charge >= 0.3 is 5.97 Å². The lowest BCUT2D eigenvalue weighted by atomic mass is 9.93. The zero-order valence-electron chi connectivity index (χ0n) is 19.5. The lowest BCUT2D eigenvalue weighted by Crippen LogP contribution is -2.40. The van der Waals surface area contributed by atoms with Crippen molar-refractivity contribution in [3.05, 3.63) is 77.1 Å². The van der Waals surface area contributed by atoms with Gasteiger partial charge in [-0.15, -0.1) is 11.3 Å². The number of hydrogen-bond acceptors (Lipinski definition) is 8. The SMILES string of the molecule is CCCC1=C(C(=O)OCC)[C@H](c2cc(OC)ccc2OC)n2c(s/c(=C/c3cccs3)c2=O)=N1. The summed E-state index contributed by atoms with van der Waals surface area (Å²) in [6.45, 7) is 4.00. The quantitative estimate of drug-likeness (QED) is 0.443. The van der Waals surface area contributed by atoms with Gasteiger partial charge in [-0.25, -0.2) is 9.79 Å². The molecule has 9 heteroatoms. The van der Waals surface area contributed by atoms with E-state index in [1.165, 1.54) is 11.3 Å². The maximum atomic E-state index is 13.7. The molecular formula is C25H26N2O5S2. The summed E-state index contributed by atoms with van der Waals surface area (Å²) in [5.41, 5.74) is 1.40. The molecule has 34 heavy (non-hydrogen) atoms. The second-order valence-electron chi connectivity index (χ2n) is 7.54. The number of fused-ring (bicyclic) bond motifs is 1. The minimum Gasteiger partial charge on any atom is -0.497 e. The van der Waals surface area contributed by atoms with Crippen molar-refractivity contribution in [3.8, 4) is 11.5 Å². The Morgan fingerprint density at radius 3 is 2.68 bits per heavy atom. The maximum Gasteiger partial charge on any atom is 0.338 e. The van der Waals surface area contributed by atoms with E-state index in [-0.39, 0.29) is 12.2 Å². The third-order valence-corrected chi connectivity index (χ3v) is 7.24. The zero-order valence-corrected chi connectivity index (χ0v) is 21.1. The number of ether oxygens (including phenoxy) is 3. The highest BCUT2D eigenvalue weighted by molar-refractivity contribution is 7.11. The highest BCUT2D eigenvalue weighted by atomic mass is 32.1. The Kier molecular flexibility index (Phi) is 7.33. The number of methoxy groups -OCH3 is 2. The molecule has 3 aromatic rings. The van der Waals surface area contributed by atoms with Gasteiger partial charge in [-0.2, -0.15) is 0 Å². The third kappa shape index (κ3) is 4.45. The smallest absolute Gasteiger partial charge is 0.338 e. The van der Waals surface area contributed by atoms with Gasteiger partial charge in [0.2, 0.25) is 0 Å². The molecule has 2 aromatic heterocycles. The number of rotatable bonds is 8. The van der Waals surface area contributed by atoms with E-state index in [9.17, 15) is 9.59 Å². The minimum absolute atomic E-state index is 0.215. The number of esters is 1. The summed E-state index contributed by atoms with van der Waals surface area (Å²) >= 11 is 2.87. The van der Waals surface area contributed by atoms with Gasteiger partial charge in [0, 0.05) is 10.4 Å². The van der Waals surface area contributed by atoms with Crippen molar-refractivity contribution in [2.24, 2.45) is 4.99 Å². The lowest BCUT2D eigenvalue weighted by molar-refractivity contribution is -0.139. The molecule has 0 unspecified atom stereocenters. The molecule has 0 bridgehead atoms. The van der Waals surface area contributed by atoms with Crippen molar-refractivity contribution in [1.29, 1.82) is 0 Å². The van der Waals surface area contributed by atoms with E-state index < -0.39 is 12.0 Å². The standard InChI is InChI=1S/C25H26N2O5S2/c1-5-8-18-21(24(29)32-6-2)22(17-13-15(30-3)10-11-19(17)31-4)27-23(28)20(34-25(27)26-18)14-16-9-7-12-33-16/h7,9-14,22H,5-6,8H2,1-4H3/b20-14+/t22-/m0/s1. The first-order valence-corrected chi connectivity index (χ1v) is 12.7. The number of aromatic nitrogens is 1. The monoisotopic (exact) mass is 498 g/mol. The first-order valence-electron chi connectivity index (χ1n) is 11.0. The van der Waals surface area contributed by atoms with Crippen LogP contribution in [-0.2, 0) is 9.53 Å². The van der Waals surface area contributed by atoms with Crippen LogP contribution in [0.2, 0.25) is 0 Å². The molecule has 1 aliphatic heterocycles. The number of allylic oxidation sites excluding steroid dienone is 1. The number of thiophene rings is 1. The second kappa shape index (κ2) is 10.4. The molecule has 1 atom stereocenters. The molecule has 0 saturated carbocycles. The van der Waals surface area contributed by atoms with Crippen LogP contribution in [0.25, 0.3) is 6.08 Å². The maximum absolute atomic E-state index is 13.7. The van der Waals surface area contributed by atoms with E-state index in [1.807, 2.05) is 30.5 Å². The predicted octanol–water partition coefficient (Wildman–Crippen LogP) is 3.66. The van der Waals surface area contributed by atoms with E-state index in [2.05, 4.69) is 0 Å². The number of carbonyl (C=O) groups excluding carboxylic acids is 1. The molecule has 1 aromatic carbocycles. The van der Waals surface area contributed by atoms with Gasteiger partial charge in [-0.3, -0.25) is 9.36 Å². The number of hydrogen-bond donors (Lipinski definition) is 0. The van der Waals surface area contributed by atoms with Crippen LogP contribution in [0.15, 0.2) is 56.8 Å². The molecule has 3 heterocycles. The van der Waals surface area contributed by atoms with Gasteiger partial charge in [0.15, 0.2) is 4.80 Å². The lowest BCUT2D eigenvalue weighted by Gasteiger charge is -2.27. The number of carbonyl (C=O) groups is 1. The molecule has 0 amide bonds. The first kappa shape index (κ1) is 24.0. The van der Waals surface area contributed by atoms with E-state index in [1.54, 1.807) is 55.2 Å². The van der Waals surface area contributed by atoms with Gasteiger partial charge in [0.05, 0.1) is 36.6 Å². The molecule has 0 fully saturated rings. The Labute approximate surface area is 205 Å². The number of benzene rings is 1. The Balaban J connectivity index is 2.07. The number of nitrogens with zero attached hydrogens (tertiary/aromatic N) is 2. The van der Waals surface area contributed by atoms with Crippen molar-refractivity contribution in [1.82, 2.24) is 4.57 Å². The zero-order chi connectivity index (χ0) is 24.2. The van der Waals surface area contributed by atoms with Crippen molar-refractivity contribution >= 4 is 34.7 Å². The fourth-order valence-electron chi connectivity index (χ4n) is 3.97. The van der Waals surface area contributed by atoms with Crippen molar-refractivity contribution < 1.29 is 19.0 Å². The average molecular weight is 499 g/mol. The highest BCUT2D eigenvalue weighted by Gasteiger charge is 2.36. The molecule has 0 N–H and O–H groups in total. The predicted molar refractivity (Wildman–Crippen MR) is 133 cm³/mol. The van der Waals surface area contributed by atoms with Crippen LogP contribution in [0, 0.1) is 0 Å². The highest BCUT2D eigenvalue weighted by Crippen LogP contribution is 2.38. The van der Waals surface area contributed by atoms with Crippen LogP contribution in [0.1, 0.15) is 43.2 Å². The molecule has 7 nitrogen and oxygen atoms in total. The molecule has 0 radical (unpaired) electrons. The Morgan fingerprint density at radius 2 is 2.03 bits per heavy atom. The van der Waals surface area contributed by atoms with Crippen LogP contribution in [0.3, 0.4) is 0 Å². The second-order valence-corrected chi connectivity index (χ2v) is 9.53. The van der Waals surface area contributed by atoms with Crippen molar-refractivity contribution in [3.63, 3.8) is 0 Å². The normalized spacial score (nSPS) is 15.6. The molecular weight excluding hydrogens is 472 g/mol. The summed E-state index contributed by atoms with van der Waals surface area (Å²) in [7, 11) is 3.13. The van der Waals surface area contributed by atoms with Crippen LogP contribution in [-0.4, -0.2) is 31.4 Å². The van der Waals surface area contributed by atoms with Crippen molar-refractivity contribution in [2.45, 2.75) is 32.7 Å². The van der Waals surface area contributed by atoms with Crippen molar-refractivity contribution in [2.75, 3.05) is 20.8 Å². The van der Waals surface area contributed by atoms with Gasteiger partial charge in [0.25, 0.3) is 5.56 Å². The van der Waals surface area contributed by atoms with Crippen LogP contribution >= 0.6 is 22.7 Å². The summed E-state index contributed by atoms with van der Waals surface area (Å²) in [4.78, 5) is 33.3. The van der Waals surface area contributed by atoms with Crippen LogP contribution < -0.4 is 24.4 Å². The Hall–Kier alpha value is -3.17. The topological polar surface area (TPSA) is 79.1 Å². The minimum atomic E-state index is -0.757. The fraction of sp³-hybridized carbons (Fsp3) is 0.320. The average Bonchev–Trinajstić information content (AvgIpc) is 3.46. The van der Waals surface area contributed by atoms with Gasteiger partial charge in [-0.05, 0) is 49.1 Å². The third-order valence-electron chi connectivity index (χ3n) is 5.44. The van der Waals surface area contributed by atoms with E-state index in [0.717, 1.165) is 11.3 Å². The van der Waals surface area contributed by atoms with E-state index >= 15 is 0 Å². The summed E-state index contributed by atoms with van der Waals surface area (Å²) in [6, 6.07) is 8.50. The summed E-state index contributed by atoms with van der Waals surface area (Å²) in [5.74, 6) is 0.643. The Bertz CT molecular complexity index is 1400. The molecule has 0 aliphatic carbocycles. The summed E-state index contributed by atoms with van der Waals surface area (Å²) < 4.78 is 18.7. The summed E-state index contributed by atoms with van der Waals surface area (Å²) in [5, 5.41) is 1.96. The molecule has 0 spiro atoms. The molecule has 178 valence electrons. The van der Waals surface area contributed by atoms with Crippen LogP contribution in [0.4, 0.5) is 0 Å². The first-order chi connectivity index (χ1) is 16.5. The van der Waals surface area contributed by atoms with Gasteiger partial charge < -0.3 is 14.2 Å². The molecule has 4 rings (SSSR count). The van der Waals surface area contributed by atoms with E-state index in [4.69, 9.17) is 19.2 Å². The fourth-order valence-corrected chi connectivity index (χ4v) is 5.71. The molecule has 0 saturated heterocycles. The Morgan fingerprint density at radius 1 is 1.21 bits per heavy atom. The molecule has 1 aliphatic rings. The number of thiazole rings is 1. The van der Waals surface area contributed by atoms with E-state index in [0.29, 0.717) is 44.1 Å². The van der Waals surface area contributed by atoms with Gasteiger partial charge in [-0.1, -0.05) is 30.7 Å².